The molecule has 0 aliphatic carbocycles. The van der Waals surface area contributed by atoms with Gasteiger partial charge in [-0.15, -0.1) is 0 Å². The first-order chi connectivity index (χ1) is 14.3. The first-order valence-corrected chi connectivity index (χ1v) is 9.90. The Labute approximate surface area is 177 Å². The van der Waals surface area contributed by atoms with Crippen LogP contribution in [0.5, 0.6) is 0 Å². The van der Waals surface area contributed by atoms with E-state index in [4.69, 9.17) is 0 Å². The summed E-state index contributed by atoms with van der Waals surface area (Å²) in [6.07, 6.45) is 0. The van der Waals surface area contributed by atoms with Crippen molar-refractivity contribution in [2.75, 3.05) is 29.1 Å². The molecule has 3 aromatic carbocycles. The van der Waals surface area contributed by atoms with Crippen LogP contribution in [0.3, 0.4) is 0 Å². The molecule has 2 amide bonds. The minimum atomic E-state index is -0.144. The van der Waals surface area contributed by atoms with Gasteiger partial charge in [0.05, 0.1) is 6.54 Å². The third kappa shape index (κ3) is 5.06. The van der Waals surface area contributed by atoms with Gasteiger partial charge in [-0.25, -0.2) is 0 Å². The van der Waals surface area contributed by atoms with Gasteiger partial charge in [0, 0.05) is 29.7 Å². The van der Waals surface area contributed by atoms with E-state index in [0.717, 1.165) is 22.5 Å². The lowest BCUT2D eigenvalue weighted by molar-refractivity contribution is -0.114. The van der Waals surface area contributed by atoms with E-state index in [2.05, 4.69) is 29.7 Å². The molecule has 0 radical (unpaired) electrons. The van der Waals surface area contributed by atoms with Crippen LogP contribution in [0.15, 0.2) is 66.7 Å². The molecule has 0 fully saturated rings. The SMILES string of the molecule is Cc1cc(C)c(NCC(=O)Nc2ccc(C(=O)N(C)c3ccccc3)cc2)c(C)c1. The van der Waals surface area contributed by atoms with Crippen LogP contribution in [0.25, 0.3) is 0 Å². The molecule has 0 spiro atoms. The van der Waals surface area contributed by atoms with E-state index in [9.17, 15) is 9.59 Å². The standard InChI is InChI=1S/C25H27N3O2/c1-17-14-18(2)24(19(3)15-17)26-16-23(29)27-21-12-10-20(11-13-21)25(30)28(4)22-8-6-5-7-9-22/h5-15,26H,16H2,1-4H3,(H,27,29). The second-order valence-corrected chi connectivity index (χ2v) is 7.45. The molecule has 0 saturated heterocycles. The van der Waals surface area contributed by atoms with Crippen LogP contribution in [0, 0.1) is 20.8 Å². The van der Waals surface area contributed by atoms with Crippen molar-refractivity contribution in [1.29, 1.82) is 0 Å². The van der Waals surface area contributed by atoms with Crippen molar-refractivity contribution in [3.8, 4) is 0 Å². The monoisotopic (exact) mass is 401 g/mol. The van der Waals surface area contributed by atoms with Crippen molar-refractivity contribution in [2.24, 2.45) is 0 Å². The maximum atomic E-state index is 12.7. The Morgan fingerprint density at radius 3 is 2.07 bits per heavy atom. The number of benzene rings is 3. The maximum absolute atomic E-state index is 12.7. The highest BCUT2D eigenvalue weighted by Gasteiger charge is 2.13. The van der Waals surface area contributed by atoms with Crippen molar-refractivity contribution in [3.05, 3.63) is 89.0 Å². The summed E-state index contributed by atoms with van der Waals surface area (Å²) in [5.41, 5.74) is 6.46. The Morgan fingerprint density at radius 2 is 1.47 bits per heavy atom. The number of hydrogen-bond donors (Lipinski definition) is 2. The van der Waals surface area contributed by atoms with E-state index in [-0.39, 0.29) is 18.4 Å². The molecular formula is C25H27N3O2. The summed E-state index contributed by atoms with van der Waals surface area (Å²) in [6, 6.07) is 20.6. The van der Waals surface area contributed by atoms with Crippen LogP contribution in [0.2, 0.25) is 0 Å². The molecule has 0 saturated carbocycles. The Morgan fingerprint density at radius 1 is 0.867 bits per heavy atom. The summed E-state index contributed by atoms with van der Waals surface area (Å²) < 4.78 is 0. The molecule has 5 nitrogen and oxygen atoms in total. The summed E-state index contributed by atoms with van der Waals surface area (Å²) in [5, 5.41) is 6.08. The number of carbonyl (C=O) groups is 2. The summed E-state index contributed by atoms with van der Waals surface area (Å²) in [4.78, 5) is 26.6. The molecule has 0 aliphatic heterocycles. The predicted molar refractivity (Wildman–Crippen MR) is 123 cm³/mol. The summed E-state index contributed by atoms with van der Waals surface area (Å²) in [6.45, 7) is 6.29. The quantitative estimate of drug-likeness (QED) is 0.615. The molecule has 3 aromatic rings. The van der Waals surface area contributed by atoms with E-state index in [1.54, 1.807) is 36.2 Å². The minimum absolute atomic E-state index is 0.105. The fraction of sp³-hybridized carbons (Fsp3) is 0.200. The third-order valence-electron chi connectivity index (χ3n) is 4.97. The number of para-hydroxylation sites is 1. The van der Waals surface area contributed by atoms with Crippen molar-refractivity contribution in [3.63, 3.8) is 0 Å². The van der Waals surface area contributed by atoms with E-state index < -0.39 is 0 Å². The number of nitrogens with zero attached hydrogens (tertiary/aromatic N) is 1. The van der Waals surface area contributed by atoms with E-state index in [0.29, 0.717) is 11.3 Å². The Balaban J connectivity index is 1.59. The Bertz CT molecular complexity index is 1020. The van der Waals surface area contributed by atoms with Gasteiger partial charge >= 0.3 is 0 Å². The summed E-state index contributed by atoms with van der Waals surface area (Å²) in [7, 11) is 1.74. The molecule has 30 heavy (non-hydrogen) atoms. The van der Waals surface area contributed by atoms with Gasteiger partial charge in [0.15, 0.2) is 0 Å². The molecule has 154 valence electrons. The van der Waals surface area contributed by atoms with E-state index in [1.165, 1.54) is 5.56 Å². The first-order valence-electron chi connectivity index (χ1n) is 9.90. The fourth-order valence-corrected chi connectivity index (χ4v) is 3.49. The zero-order chi connectivity index (χ0) is 21.7. The number of hydrogen-bond acceptors (Lipinski definition) is 3. The molecular weight excluding hydrogens is 374 g/mol. The van der Waals surface area contributed by atoms with Crippen molar-refractivity contribution < 1.29 is 9.59 Å². The predicted octanol–water partition coefficient (Wildman–Crippen LogP) is 4.94. The van der Waals surface area contributed by atoms with Crippen LogP contribution in [-0.2, 0) is 4.79 Å². The molecule has 3 rings (SSSR count). The van der Waals surface area contributed by atoms with Crippen LogP contribution in [-0.4, -0.2) is 25.4 Å². The number of anilines is 3. The second kappa shape index (κ2) is 9.27. The van der Waals surface area contributed by atoms with Gasteiger partial charge in [0.25, 0.3) is 5.91 Å². The third-order valence-corrected chi connectivity index (χ3v) is 4.97. The normalized spacial score (nSPS) is 10.4. The van der Waals surface area contributed by atoms with Gasteiger partial charge in [-0.2, -0.15) is 0 Å². The number of nitrogens with one attached hydrogen (secondary N) is 2. The van der Waals surface area contributed by atoms with Crippen LogP contribution in [0.4, 0.5) is 17.1 Å². The number of rotatable bonds is 6. The molecule has 0 aliphatic rings. The maximum Gasteiger partial charge on any atom is 0.258 e. The molecule has 0 heterocycles. The lowest BCUT2D eigenvalue weighted by atomic mass is 10.1. The molecule has 0 aromatic heterocycles. The number of carbonyl (C=O) groups excluding carboxylic acids is 2. The lowest BCUT2D eigenvalue weighted by Crippen LogP contribution is -2.26. The lowest BCUT2D eigenvalue weighted by Gasteiger charge is -2.17. The zero-order valence-electron chi connectivity index (χ0n) is 17.8. The summed E-state index contributed by atoms with van der Waals surface area (Å²) >= 11 is 0. The van der Waals surface area contributed by atoms with Crippen molar-refractivity contribution >= 4 is 28.9 Å². The van der Waals surface area contributed by atoms with Crippen LogP contribution in [0.1, 0.15) is 27.0 Å². The molecule has 5 heteroatoms. The molecule has 0 atom stereocenters. The largest absolute Gasteiger partial charge is 0.376 e. The average Bonchev–Trinajstić information content (AvgIpc) is 2.73. The minimum Gasteiger partial charge on any atom is -0.376 e. The first kappa shape index (κ1) is 21.1. The highest BCUT2D eigenvalue weighted by atomic mass is 16.2. The Kier molecular flexibility index (Phi) is 6.52. The van der Waals surface area contributed by atoms with Gasteiger partial charge < -0.3 is 15.5 Å². The van der Waals surface area contributed by atoms with Gasteiger partial charge in [-0.05, 0) is 68.3 Å². The van der Waals surface area contributed by atoms with Gasteiger partial charge in [0.1, 0.15) is 0 Å². The molecule has 0 unspecified atom stereocenters. The highest BCUT2D eigenvalue weighted by Crippen LogP contribution is 2.22. The van der Waals surface area contributed by atoms with E-state index >= 15 is 0 Å². The van der Waals surface area contributed by atoms with Crippen molar-refractivity contribution in [1.82, 2.24) is 0 Å². The summed E-state index contributed by atoms with van der Waals surface area (Å²) in [5.74, 6) is -0.249. The number of amides is 2. The number of aryl methyl sites for hydroxylation is 3. The zero-order valence-corrected chi connectivity index (χ0v) is 17.8. The molecule has 2 N–H and O–H groups in total. The van der Waals surface area contributed by atoms with Crippen molar-refractivity contribution in [2.45, 2.75) is 20.8 Å². The van der Waals surface area contributed by atoms with E-state index in [1.807, 2.05) is 44.2 Å². The van der Waals surface area contributed by atoms with Gasteiger partial charge in [0.2, 0.25) is 5.91 Å². The van der Waals surface area contributed by atoms with Crippen LogP contribution < -0.4 is 15.5 Å². The second-order valence-electron chi connectivity index (χ2n) is 7.45. The van der Waals surface area contributed by atoms with Gasteiger partial charge in [-0.3, -0.25) is 9.59 Å². The fourth-order valence-electron chi connectivity index (χ4n) is 3.49. The van der Waals surface area contributed by atoms with Crippen LogP contribution >= 0.6 is 0 Å². The smallest absolute Gasteiger partial charge is 0.258 e. The topological polar surface area (TPSA) is 61.4 Å². The molecule has 0 bridgehead atoms. The average molecular weight is 402 g/mol. The van der Waals surface area contributed by atoms with Gasteiger partial charge in [-0.1, -0.05) is 35.9 Å². The highest BCUT2D eigenvalue weighted by molar-refractivity contribution is 6.06. The Hall–Kier alpha value is -3.60.